The molecule has 6 heteroatoms. The fourth-order valence-corrected chi connectivity index (χ4v) is 4.95. The summed E-state index contributed by atoms with van der Waals surface area (Å²) in [5.41, 5.74) is 4.47. The van der Waals surface area contributed by atoms with Crippen molar-refractivity contribution in [1.29, 1.82) is 0 Å². The van der Waals surface area contributed by atoms with E-state index >= 15 is 0 Å². The second-order valence-corrected chi connectivity index (χ2v) is 10.1. The Morgan fingerprint density at radius 1 is 0.867 bits per heavy atom. The van der Waals surface area contributed by atoms with Gasteiger partial charge in [0.25, 0.3) is 10.0 Å². The van der Waals surface area contributed by atoms with Gasteiger partial charge in [-0.05, 0) is 55.3 Å². The van der Waals surface area contributed by atoms with Crippen molar-refractivity contribution >= 4 is 42.7 Å². The summed E-state index contributed by atoms with van der Waals surface area (Å²) in [6, 6.07) is 22.5. The van der Waals surface area contributed by atoms with E-state index in [2.05, 4.69) is 15.9 Å². The number of fused-ring (bicyclic) bond motifs is 1. The average Bonchev–Trinajstić information content (AvgIpc) is 2.74. The molecule has 0 atom stereocenters. The minimum atomic E-state index is -3.77. The molecule has 4 aromatic rings. The Balaban J connectivity index is 1.98. The molecule has 0 fully saturated rings. The van der Waals surface area contributed by atoms with Gasteiger partial charge in [-0.1, -0.05) is 64.0 Å². The van der Waals surface area contributed by atoms with Crippen molar-refractivity contribution in [3.05, 3.63) is 88.4 Å². The van der Waals surface area contributed by atoms with Gasteiger partial charge in [0.15, 0.2) is 5.82 Å². The van der Waals surface area contributed by atoms with Crippen molar-refractivity contribution in [2.24, 2.45) is 0 Å². The van der Waals surface area contributed by atoms with Crippen LogP contribution in [-0.4, -0.2) is 20.4 Å². The molecule has 0 aliphatic heterocycles. The molecular formula is C24H21BrN2O2S. The lowest BCUT2D eigenvalue weighted by Gasteiger charge is -2.24. The lowest BCUT2D eigenvalue weighted by molar-refractivity contribution is 0.594. The largest absolute Gasteiger partial charge is 0.265 e. The molecule has 0 unspecified atom stereocenters. The average molecular weight is 481 g/mol. The van der Waals surface area contributed by atoms with Crippen molar-refractivity contribution < 1.29 is 8.42 Å². The molecule has 0 saturated heterocycles. The number of nitrogens with zero attached hydrogens (tertiary/aromatic N) is 2. The van der Waals surface area contributed by atoms with E-state index in [1.54, 1.807) is 31.3 Å². The summed E-state index contributed by atoms with van der Waals surface area (Å²) in [4.78, 5) is 5.02. The predicted molar refractivity (Wildman–Crippen MR) is 126 cm³/mol. The molecule has 4 nitrogen and oxygen atoms in total. The summed E-state index contributed by atoms with van der Waals surface area (Å²) in [6.45, 7) is 3.94. The number of anilines is 1. The van der Waals surface area contributed by atoms with Crippen molar-refractivity contribution in [2.45, 2.75) is 18.7 Å². The first kappa shape index (κ1) is 20.6. The number of sulfonamides is 1. The van der Waals surface area contributed by atoms with E-state index in [1.165, 1.54) is 4.31 Å². The second-order valence-electron chi connectivity index (χ2n) is 7.25. The number of pyridine rings is 1. The van der Waals surface area contributed by atoms with Crippen LogP contribution in [0.2, 0.25) is 0 Å². The predicted octanol–water partition coefficient (Wildman–Crippen LogP) is 6.11. The molecule has 0 amide bonds. The maximum absolute atomic E-state index is 13.4. The lowest BCUT2D eigenvalue weighted by atomic mass is 9.97. The topological polar surface area (TPSA) is 50.3 Å². The molecule has 0 bridgehead atoms. The first-order valence-electron chi connectivity index (χ1n) is 9.50. The van der Waals surface area contributed by atoms with E-state index < -0.39 is 10.0 Å². The zero-order valence-corrected chi connectivity index (χ0v) is 19.3. The van der Waals surface area contributed by atoms with Crippen LogP contribution in [0.15, 0.2) is 82.2 Å². The molecule has 3 aromatic carbocycles. The second kappa shape index (κ2) is 7.85. The Hall–Kier alpha value is -2.70. The number of benzene rings is 3. The van der Waals surface area contributed by atoms with Crippen molar-refractivity contribution in [3.8, 4) is 11.1 Å². The third kappa shape index (κ3) is 3.61. The summed E-state index contributed by atoms with van der Waals surface area (Å²) in [7, 11) is -2.21. The number of rotatable bonds is 4. The quantitative estimate of drug-likeness (QED) is 0.354. The molecule has 1 aromatic heterocycles. The van der Waals surface area contributed by atoms with Crippen molar-refractivity contribution in [2.75, 3.05) is 11.4 Å². The highest BCUT2D eigenvalue weighted by atomic mass is 79.9. The molecule has 4 rings (SSSR count). The third-order valence-corrected chi connectivity index (χ3v) is 7.53. The molecule has 30 heavy (non-hydrogen) atoms. The maximum Gasteiger partial charge on any atom is 0.265 e. The van der Waals surface area contributed by atoms with Gasteiger partial charge in [0.2, 0.25) is 0 Å². The monoisotopic (exact) mass is 480 g/mol. The Labute approximate surface area is 185 Å². The van der Waals surface area contributed by atoms with Crippen LogP contribution in [0.5, 0.6) is 0 Å². The summed E-state index contributed by atoms with van der Waals surface area (Å²) in [5, 5.41) is 1.00. The van der Waals surface area contributed by atoms with Gasteiger partial charge in [0.05, 0.1) is 10.4 Å². The minimum absolute atomic E-state index is 0.241. The van der Waals surface area contributed by atoms with Crippen LogP contribution in [0.3, 0.4) is 0 Å². The van der Waals surface area contributed by atoms with Crippen LogP contribution < -0.4 is 4.31 Å². The molecule has 0 spiro atoms. The zero-order valence-electron chi connectivity index (χ0n) is 16.9. The Morgan fingerprint density at radius 2 is 1.50 bits per heavy atom. The van der Waals surface area contributed by atoms with Crippen molar-refractivity contribution in [3.63, 3.8) is 0 Å². The van der Waals surface area contributed by atoms with Gasteiger partial charge >= 0.3 is 0 Å². The maximum atomic E-state index is 13.4. The molecule has 152 valence electrons. The summed E-state index contributed by atoms with van der Waals surface area (Å²) in [6.07, 6.45) is 0. The Bertz CT molecular complexity index is 1330. The number of aryl methyl sites for hydroxylation is 2. The fourth-order valence-electron chi connectivity index (χ4n) is 3.53. The summed E-state index contributed by atoms with van der Waals surface area (Å²) in [5.74, 6) is 0.411. The highest BCUT2D eigenvalue weighted by Gasteiger charge is 2.26. The molecule has 0 aliphatic carbocycles. The fraction of sp³-hybridized carbons (Fsp3) is 0.125. The van der Waals surface area contributed by atoms with Gasteiger partial charge in [-0.25, -0.2) is 13.4 Å². The minimum Gasteiger partial charge on any atom is -0.252 e. The number of aromatic nitrogens is 1. The van der Waals surface area contributed by atoms with Crippen LogP contribution in [0.25, 0.3) is 22.0 Å². The third-order valence-electron chi connectivity index (χ3n) is 5.24. The summed E-state index contributed by atoms with van der Waals surface area (Å²) >= 11 is 3.47. The number of hydrogen-bond acceptors (Lipinski definition) is 3. The Morgan fingerprint density at radius 3 is 2.17 bits per heavy atom. The normalized spacial score (nSPS) is 11.6. The van der Waals surface area contributed by atoms with Gasteiger partial charge in [0.1, 0.15) is 0 Å². The summed E-state index contributed by atoms with van der Waals surface area (Å²) < 4.78 is 29.1. The molecule has 0 radical (unpaired) electrons. The van der Waals surface area contributed by atoms with E-state index in [1.807, 2.05) is 62.4 Å². The zero-order chi connectivity index (χ0) is 21.5. The standard InChI is InChI=1S/C24H21BrN2O2S/c1-16-8-14-20(15-9-16)30(28,29)27(3)24-23(18-10-12-19(25)13-11-18)17(2)21-6-4-5-7-22(21)26-24/h4-15H,1-3H3. The number of para-hydroxylation sites is 1. The van der Waals surface area contributed by atoms with E-state index in [0.717, 1.165) is 37.6 Å². The SMILES string of the molecule is Cc1ccc(S(=O)(=O)N(C)c2nc3ccccc3c(C)c2-c2ccc(Br)cc2)cc1. The smallest absolute Gasteiger partial charge is 0.252 e. The molecule has 0 N–H and O–H groups in total. The molecule has 0 aliphatic rings. The molecule has 0 saturated carbocycles. The van der Waals surface area contributed by atoms with Crippen LogP contribution in [-0.2, 0) is 10.0 Å². The van der Waals surface area contributed by atoms with Crippen LogP contribution >= 0.6 is 15.9 Å². The van der Waals surface area contributed by atoms with Gasteiger partial charge in [0, 0.05) is 22.5 Å². The first-order valence-corrected chi connectivity index (χ1v) is 11.7. The van der Waals surface area contributed by atoms with E-state index in [-0.39, 0.29) is 4.90 Å². The van der Waals surface area contributed by atoms with Gasteiger partial charge in [-0.3, -0.25) is 4.31 Å². The first-order chi connectivity index (χ1) is 14.3. The highest BCUT2D eigenvalue weighted by molar-refractivity contribution is 9.10. The van der Waals surface area contributed by atoms with E-state index in [4.69, 9.17) is 4.98 Å². The van der Waals surface area contributed by atoms with Crippen LogP contribution in [0, 0.1) is 13.8 Å². The van der Waals surface area contributed by atoms with E-state index in [0.29, 0.717) is 5.82 Å². The number of halogens is 1. The highest BCUT2D eigenvalue weighted by Crippen LogP contribution is 2.38. The number of hydrogen-bond donors (Lipinski definition) is 0. The van der Waals surface area contributed by atoms with Gasteiger partial charge in [-0.15, -0.1) is 0 Å². The van der Waals surface area contributed by atoms with Crippen molar-refractivity contribution in [1.82, 2.24) is 4.98 Å². The van der Waals surface area contributed by atoms with Gasteiger partial charge in [-0.2, -0.15) is 0 Å². The Kier molecular flexibility index (Phi) is 5.38. The van der Waals surface area contributed by atoms with Gasteiger partial charge < -0.3 is 0 Å². The molecular weight excluding hydrogens is 460 g/mol. The molecule has 1 heterocycles. The van der Waals surface area contributed by atoms with Crippen LogP contribution in [0.1, 0.15) is 11.1 Å². The van der Waals surface area contributed by atoms with E-state index in [9.17, 15) is 8.42 Å². The van der Waals surface area contributed by atoms with Crippen LogP contribution in [0.4, 0.5) is 5.82 Å². The lowest BCUT2D eigenvalue weighted by Crippen LogP contribution is -2.28.